The van der Waals surface area contributed by atoms with Crippen molar-refractivity contribution in [2.45, 2.75) is 25.3 Å². The van der Waals surface area contributed by atoms with E-state index in [9.17, 15) is 14.4 Å². The monoisotopic (exact) mass is 474 g/mol. The number of aliphatic hydroxyl groups is 1. The van der Waals surface area contributed by atoms with Crippen LogP contribution in [-0.2, 0) is 9.53 Å². The van der Waals surface area contributed by atoms with Crippen molar-refractivity contribution in [3.8, 4) is 11.1 Å². The zero-order chi connectivity index (χ0) is 24.9. The summed E-state index contributed by atoms with van der Waals surface area (Å²) >= 11 is 0. The number of carboxylic acid groups (broad SMARTS) is 1. The molecule has 0 saturated heterocycles. The van der Waals surface area contributed by atoms with Gasteiger partial charge in [-0.3, -0.25) is 10.1 Å². The summed E-state index contributed by atoms with van der Waals surface area (Å²) in [4.78, 5) is 36.2. The zero-order valence-corrected chi connectivity index (χ0v) is 19.2. The molecule has 2 amide bonds. The topological polar surface area (TPSA) is 125 Å². The van der Waals surface area contributed by atoms with Crippen molar-refractivity contribution in [3.63, 3.8) is 0 Å². The first-order valence-electron chi connectivity index (χ1n) is 11.3. The third kappa shape index (κ3) is 5.17. The number of carbonyl (C=O) groups excluding carboxylic acids is 2. The van der Waals surface area contributed by atoms with E-state index in [1.807, 2.05) is 36.4 Å². The second-order valence-corrected chi connectivity index (χ2v) is 8.36. The molecule has 8 nitrogen and oxygen atoms in total. The van der Waals surface area contributed by atoms with Crippen LogP contribution >= 0.6 is 0 Å². The number of carboxylic acids is 1. The minimum atomic E-state index is -1.22. The van der Waals surface area contributed by atoms with Crippen molar-refractivity contribution in [1.29, 1.82) is 0 Å². The van der Waals surface area contributed by atoms with Crippen LogP contribution in [0.5, 0.6) is 0 Å². The maximum Gasteiger partial charge on any atom is 0.411 e. The molecule has 0 radical (unpaired) electrons. The smallest absolute Gasteiger partial charge is 0.411 e. The second kappa shape index (κ2) is 10.4. The SMILES string of the molecule is Cc1cc(C(=O)N[C@H](CCO)C(=O)O)ccc1NC(=O)OCC1c2ccccc2-c2ccccc21. The fourth-order valence-corrected chi connectivity index (χ4v) is 4.32. The maximum atomic E-state index is 12.6. The van der Waals surface area contributed by atoms with E-state index >= 15 is 0 Å². The summed E-state index contributed by atoms with van der Waals surface area (Å²) in [6.07, 6.45) is -0.706. The van der Waals surface area contributed by atoms with Crippen molar-refractivity contribution in [2.24, 2.45) is 0 Å². The molecule has 0 saturated carbocycles. The van der Waals surface area contributed by atoms with Crippen molar-refractivity contribution in [3.05, 3.63) is 89.0 Å². The molecular weight excluding hydrogens is 448 g/mol. The number of ether oxygens (including phenoxy) is 1. The van der Waals surface area contributed by atoms with E-state index in [0.29, 0.717) is 11.3 Å². The number of amides is 2. The Morgan fingerprint density at radius 2 is 1.60 bits per heavy atom. The molecule has 35 heavy (non-hydrogen) atoms. The molecule has 0 fully saturated rings. The van der Waals surface area contributed by atoms with E-state index in [2.05, 4.69) is 22.8 Å². The zero-order valence-electron chi connectivity index (χ0n) is 19.2. The second-order valence-electron chi connectivity index (χ2n) is 8.36. The molecule has 1 aliphatic rings. The van der Waals surface area contributed by atoms with Gasteiger partial charge in [-0.1, -0.05) is 48.5 Å². The Balaban J connectivity index is 1.39. The van der Waals surface area contributed by atoms with Crippen molar-refractivity contribution < 1.29 is 29.3 Å². The number of carbonyl (C=O) groups is 3. The van der Waals surface area contributed by atoms with Crippen LogP contribution in [-0.4, -0.2) is 47.4 Å². The average Bonchev–Trinajstić information content (AvgIpc) is 3.17. The normalized spacial score (nSPS) is 12.9. The first kappa shape index (κ1) is 24.0. The first-order chi connectivity index (χ1) is 16.9. The third-order valence-corrected chi connectivity index (χ3v) is 6.09. The van der Waals surface area contributed by atoms with Gasteiger partial charge in [-0.15, -0.1) is 0 Å². The molecule has 180 valence electrons. The Labute approximate surface area is 202 Å². The summed E-state index contributed by atoms with van der Waals surface area (Å²) in [5.74, 6) is -1.86. The van der Waals surface area contributed by atoms with Gasteiger partial charge < -0.3 is 20.3 Å². The summed E-state index contributed by atoms with van der Waals surface area (Å²) in [5, 5.41) is 23.2. The van der Waals surface area contributed by atoms with Crippen LogP contribution in [0.25, 0.3) is 11.1 Å². The molecule has 8 heteroatoms. The van der Waals surface area contributed by atoms with Gasteiger partial charge in [-0.25, -0.2) is 9.59 Å². The number of aryl methyl sites for hydroxylation is 1. The Morgan fingerprint density at radius 1 is 0.971 bits per heavy atom. The van der Waals surface area contributed by atoms with Crippen molar-refractivity contribution in [1.82, 2.24) is 5.32 Å². The third-order valence-electron chi connectivity index (χ3n) is 6.09. The molecule has 4 N–H and O–H groups in total. The minimum Gasteiger partial charge on any atom is -0.480 e. The molecule has 0 aliphatic heterocycles. The van der Waals surface area contributed by atoms with Gasteiger partial charge >= 0.3 is 12.1 Å². The van der Waals surface area contributed by atoms with Gasteiger partial charge in [-0.2, -0.15) is 0 Å². The molecule has 3 aromatic rings. The van der Waals surface area contributed by atoms with E-state index in [-0.39, 0.29) is 31.1 Å². The number of nitrogens with one attached hydrogen (secondary N) is 2. The van der Waals surface area contributed by atoms with Crippen LogP contribution in [0.1, 0.15) is 39.4 Å². The Kier molecular flexibility index (Phi) is 7.12. The lowest BCUT2D eigenvalue weighted by Crippen LogP contribution is -2.41. The van der Waals surface area contributed by atoms with E-state index in [0.717, 1.165) is 22.3 Å². The highest BCUT2D eigenvalue weighted by molar-refractivity contribution is 5.97. The lowest BCUT2D eigenvalue weighted by Gasteiger charge is -2.16. The number of hydrogen-bond acceptors (Lipinski definition) is 5. The predicted molar refractivity (Wildman–Crippen MR) is 130 cm³/mol. The summed E-state index contributed by atoms with van der Waals surface area (Å²) < 4.78 is 5.56. The Hall–Kier alpha value is -4.17. The number of aliphatic carboxylic acids is 1. The summed E-state index contributed by atoms with van der Waals surface area (Å²) in [7, 11) is 0. The molecule has 0 heterocycles. The molecule has 1 atom stereocenters. The number of hydrogen-bond donors (Lipinski definition) is 4. The van der Waals surface area contributed by atoms with E-state index in [1.165, 1.54) is 6.07 Å². The quantitative estimate of drug-likeness (QED) is 0.392. The molecule has 0 bridgehead atoms. The molecule has 4 rings (SSSR count). The van der Waals surface area contributed by atoms with Crippen molar-refractivity contribution >= 4 is 23.7 Å². The standard InChI is InChI=1S/C27H26N2O6/c1-16-14-17(25(31)28-24(12-13-30)26(32)33)10-11-23(16)29-27(34)35-15-22-20-8-4-2-6-18(20)19-7-3-5-9-21(19)22/h2-11,14,22,24,30H,12-13,15H2,1H3,(H,28,31)(H,29,34)(H,32,33)/t24-/m1/s1. The molecule has 1 aliphatic carbocycles. The van der Waals surface area contributed by atoms with E-state index in [1.54, 1.807) is 19.1 Å². The van der Waals surface area contributed by atoms with Gasteiger partial charge in [-0.05, 0) is 52.9 Å². The van der Waals surface area contributed by atoms with Crippen LogP contribution in [0.4, 0.5) is 10.5 Å². The van der Waals surface area contributed by atoms with Crippen LogP contribution in [0, 0.1) is 6.92 Å². The van der Waals surface area contributed by atoms with Crippen LogP contribution in [0.15, 0.2) is 66.7 Å². The summed E-state index contributed by atoms with van der Waals surface area (Å²) in [6.45, 7) is 1.54. The van der Waals surface area contributed by atoms with Crippen molar-refractivity contribution in [2.75, 3.05) is 18.5 Å². The molecular formula is C27H26N2O6. The fourth-order valence-electron chi connectivity index (χ4n) is 4.32. The predicted octanol–water partition coefficient (Wildman–Crippen LogP) is 3.92. The largest absolute Gasteiger partial charge is 0.480 e. The fraction of sp³-hybridized carbons (Fsp3) is 0.222. The highest BCUT2D eigenvalue weighted by Crippen LogP contribution is 2.44. The molecule has 0 aromatic heterocycles. The first-order valence-corrected chi connectivity index (χ1v) is 11.3. The van der Waals surface area contributed by atoms with Gasteiger partial charge in [0, 0.05) is 30.2 Å². The molecule has 0 unspecified atom stereocenters. The van der Waals surface area contributed by atoms with Crippen LogP contribution in [0.3, 0.4) is 0 Å². The Morgan fingerprint density at radius 3 is 2.17 bits per heavy atom. The summed E-state index contributed by atoms with van der Waals surface area (Å²) in [5.41, 5.74) is 5.86. The highest BCUT2D eigenvalue weighted by Gasteiger charge is 2.29. The van der Waals surface area contributed by atoms with E-state index < -0.39 is 24.0 Å². The van der Waals surface area contributed by atoms with Crippen LogP contribution < -0.4 is 10.6 Å². The van der Waals surface area contributed by atoms with Gasteiger partial charge in [0.05, 0.1) is 0 Å². The number of aliphatic hydroxyl groups excluding tert-OH is 1. The number of rotatable bonds is 8. The van der Waals surface area contributed by atoms with Gasteiger partial charge in [0.1, 0.15) is 12.6 Å². The van der Waals surface area contributed by atoms with Gasteiger partial charge in [0.15, 0.2) is 0 Å². The average molecular weight is 475 g/mol. The number of anilines is 1. The number of benzene rings is 3. The number of fused-ring (bicyclic) bond motifs is 3. The van der Waals surface area contributed by atoms with Crippen LogP contribution in [0.2, 0.25) is 0 Å². The highest BCUT2D eigenvalue weighted by atomic mass is 16.5. The molecule has 3 aromatic carbocycles. The van der Waals surface area contributed by atoms with Gasteiger partial charge in [0.2, 0.25) is 0 Å². The Bertz CT molecular complexity index is 1230. The van der Waals surface area contributed by atoms with E-state index in [4.69, 9.17) is 14.9 Å². The lowest BCUT2D eigenvalue weighted by molar-refractivity contribution is -0.139. The van der Waals surface area contributed by atoms with Gasteiger partial charge in [0.25, 0.3) is 5.91 Å². The maximum absolute atomic E-state index is 12.6. The lowest BCUT2D eigenvalue weighted by atomic mass is 9.98. The summed E-state index contributed by atoms with van der Waals surface area (Å²) in [6, 6.07) is 19.6. The molecule has 0 spiro atoms. The minimum absolute atomic E-state index is 0.0542.